The van der Waals surface area contributed by atoms with E-state index in [1.165, 1.54) is 16.0 Å². The second-order valence-electron chi connectivity index (χ2n) is 2.76. The van der Waals surface area contributed by atoms with E-state index in [0.29, 0.717) is 0 Å². The van der Waals surface area contributed by atoms with Crippen molar-refractivity contribution < 1.29 is 4.52 Å². The molecule has 0 aliphatic rings. The highest BCUT2D eigenvalue weighted by Gasteiger charge is 2.07. The van der Waals surface area contributed by atoms with Gasteiger partial charge in [-0.1, -0.05) is 34.8 Å². The Bertz CT molecular complexity index is 293. The van der Waals surface area contributed by atoms with Crippen molar-refractivity contribution in [2.45, 2.75) is 18.7 Å². The van der Waals surface area contributed by atoms with Crippen LogP contribution < -0.4 is 0 Å². The van der Waals surface area contributed by atoms with Crippen molar-refractivity contribution in [3.63, 3.8) is 0 Å². The Morgan fingerprint density at radius 2 is 2.08 bits per heavy atom. The normalized spacial score (nSPS) is 12.9. The van der Waals surface area contributed by atoms with Gasteiger partial charge in [-0.05, 0) is 31.0 Å². The molecule has 72 valence electrons. The SMILES string of the molecule is COP(Cl)Sc1cc(C)ccc1C. The van der Waals surface area contributed by atoms with Crippen LogP contribution in [0.5, 0.6) is 0 Å². The van der Waals surface area contributed by atoms with Gasteiger partial charge in [-0.15, -0.1) is 0 Å². The van der Waals surface area contributed by atoms with Crippen molar-refractivity contribution in [2.75, 3.05) is 7.11 Å². The molecule has 1 unspecified atom stereocenters. The van der Waals surface area contributed by atoms with Gasteiger partial charge in [-0.3, -0.25) is 0 Å². The van der Waals surface area contributed by atoms with Gasteiger partial charge in [0.05, 0.1) is 0 Å². The van der Waals surface area contributed by atoms with E-state index in [1.54, 1.807) is 18.5 Å². The standard InChI is InChI=1S/C9H12ClOPS/c1-7-4-5-8(2)9(6-7)13-12(10)11-3/h4-6H,1-3H3. The molecule has 0 spiro atoms. The van der Waals surface area contributed by atoms with E-state index in [9.17, 15) is 0 Å². The predicted octanol–water partition coefficient (Wildman–Crippen LogP) is 4.51. The zero-order valence-corrected chi connectivity index (χ0v) is 10.3. The van der Waals surface area contributed by atoms with Crippen LogP contribution in [-0.4, -0.2) is 7.11 Å². The number of hydrogen-bond donors (Lipinski definition) is 0. The summed E-state index contributed by atoms with van der Waals surface area (Å²) in [5.41, 5.74) is 2.50. The van der Waals surface area contributed by atoms with Gasteiger partial charge in [0.1, 0.15) is 0 Å². The maximum Gasteiger partial charge on any atom is 0.193 e. The molecular formula is C9H12ClOPS. The summed E-state index contributed by atoms with van der Waals surface area (Å²) in [7, 11) is 1.64. The van der Waals surface area contributed by atoms with E-state index in [1.807, 2.05) is 0 Å². The highest BCUT2D eigenvalue weighted by atomic mass is 35.7. The molecule has 0 N–H and O–H groups in total. The molecular weight excluding hydrogens is 223 g/mol. The first kappa shape index (κ1) is 11.3. The summed E-state index contributed by atoms with van der Waals surface area (Å²) in [6.07, 6.45) is 0. The first-order valence-electron chi connectivity index (χ1n) is 3.88. The molecule has 0 bridgehead atoms. The lowest BCUT2D eigenvalue weighted by molar-refractivity contribution is 0.481. The van der Waals surface area contributed by atoms with Crippen LogP contribution in [0.1, 0.15) is 11.1 Å². The monoisotopic (exact) mass is 234 g/mol. The van der Waals surface area contributed by atoms with Crippen LogP contribution in [0.15, 0.2) is 23.1 Å². The highest BCUT2D eigenvalue weighted by molar-refractivity contribution is 8.61. The van der Waals surface area contributed by atoms with E-state index in [2.05, 4.69) is 32.0 Å². The fourth-order valence-corrected chi connectivity index (χ4v) is 3.55. The first-order valence-corrected chi connectivity index (χ1v) is 7.47. The molecule has 0 amide bonds. The van der Waals surface area contributed by atoms with E-state index in [4.69, 9.17) is 15.8 Å². The molecule has 1 atom stereocenters. The Morgan fingerprint density at radius 1 is 1.38 bits per heavy atom. The van der Waals surface area contributed by atoms with Crippen molar-refractivity contribution in [3.05, 3.63) is 29.3 Å². The molecule has 0 heterocycles. The molecule has 1 aromatic rings. The van der Waals surface area contributed by atoms with E-state index >= 15 is 0 Å². The highest BCUT2D eigenvalue weighted by Crippen LogP contribution is 2.58. The fourth-order valence-electron chi connectivity index (χ4n) is 0.920. The predicted molar refractivity (Wildman–Crippen MR) is 61.6 cm³/mol. The van der Waals surface area contributed by atoms with Crippen LogP contribution >= 0.6 is 29.3 Å². The lowest BCUT2D eigenvalue weighted by Crippen LogP contribution is -1.79. The quantitative estimate of drug-likeness (QED) is 0.712. The Hall–Kier alpha value is 0.250. The Kier molecular flexibility index (Phi) is 4.54. The van der Waals surface area contributed by atoms with E-state index in [0.717, 1.165) is 0 Å². The minimum absolute atomic E-state index is 0.894. The minimum Gasteiger partial charge on any atom is -0.338 e. The van der Waals surface area contributed by atoms with Crippen LogP contribution in [0.2, 0.25) is 0 Å². The van der Waals surface area contributed by atoms with Gasteiger partial charge < -0.3 is 4.52 Å². The molecule has 0 saturated carbocycles. The van der Waals surface area contributed by atoms with Crippen molar-refractivity contribution in [2.24, 2.45) is 0 Å². The minimum atomic E-state index is -0.894. The average Bonchev–Trinajstić information content (AvgIpc) is 2.11. The molecule has 1 aromatic carbocycles. The third-order valence-electron chi connectivity index (χ3n) is 1.66. The van der Waals surface area contributed by atoms with E-state index < -0.39 is 6.70 Å². The fraction of sp³-hybridized carbons (Fsp3) is 0.333. The molecule has 0 fully saturated rings. The Balaban J connectivity index is 2.81. The summed E-state index contributed by atoms with van der Waals surface area (Å²) in [4.78, 5) is 1.21. The molecule has 1 nitrogen and oxygen atoms in total. The third kappa shape index (κ3) is 3.47. The molecule has 0 aromatic heterocycles. The van der Waals surface area contributed by atoms with Crippen LogP contribution in [0.3, 0.4) is 0 Å². The maximum absolute atomic E-state index is 5.93. The third-order valence-corrected chi connectivity index (χ3v) is 5.23. The second kappa shape index (κ2) is 5.21. The number of aryl methyl sites for hydroxylation is 2. The van der Waals surface area contributed by atoms with Crippen LogP contribution in [0.25, 0.3) is 0 Å². The summed E-state index contributed by atoms with van der Waals surface area (Å²) in [5.74, 6) is 0. The first-order chi connectivity index (χ1) is 6.13. The molecule has 0 saturated heterocycles. The van der Waals surface area contributed by atoms with Gasteiger partial charge in [-0.2, -0.15) is 0 Å². The largest absolute Gasteiger partial charge is 0.338 e. The van der Waals surface area contributed by atoms with Crippen LogP contribution in [0, 0.1) is 13.8 Å². The molecule has 0 aliphatic carbocycles. The molecule has 0 aliphatic heterocycles. The van der Waals surface area contributed by atoms with Gasteiger partial charge in [0.15, 0.2) is 6.70 Å². The summed E-state index contributed by atoms with van der Waals surface area (Å²) < 4.78 is 5.04. The number of rotatable bonds is 3. The number of hydrogen-bond acceptors (Lipinski definition) is 2. The smallest absolute Gasteiger partial charge is 0.193 e. The summed E-state index contributed by atoms with van der Waals surface area (Å²) in [6.45, 7) is 3.26. The molecule has 0 radical (unpaired) electrons. The molecule has 4 heteroatoms. The zero-order valence-electron chi connectivity index (χ0n) is 7.87. The number of halogens is 1. The maximum atomic E-state index is 5.93. The number of benzene rings is 1. The summed E-state index contributed by atoms with van der Waals surface area (Å²) in [5, 5.41) is 0. The van der Waals surface area contributed by atoms with Gasteiger partial charge in [0.2, 0.25) is 0 Å². The summed E-state index contributed by atoms with van der Waals surface area (Å²) in [6, 6.07) is 6.34. The van der Waals surface area contributed by atoms with Crippen molar-refractivity contribution in [1.82, 2.24) is 0 Å². The lowest BCUT2D eigenvalue weighted by atomic mass is 10.2. The van der Waals surface area contributed by atoms with Crippen molar-refractivity contribution >= 4 is 29.3 Å². The van der Waals surface area contributed by atoms with Crippen LogP contribution in [-0.2, 0) is 4.52 Å². The van der Waals surface area contributed by atoms with Gasteiger partial charge in [0.25, 0.3) is 0 Å². The topological polar surface area (TPSA) is 9.23 Å². The Labute approximate surface area is 89.2 Å². The van der Waals surface area contributed by atoms with E-state index in [-0.39, 0.29) is 0 Å². The van der Waals surface area contributed by atoms with Gasteiger partial charge in [0, 0.05) is 12.0 Å². The van der Waals surface area contributed by atoms with Crippen molar-refractivity contribution in [3.8, 4) is 0 Å². The summed E-state index contributed by atoms with van der Waals surface area (Å²) >= 11 is 7.52. The zero-order chi connectivity index (χ0) is 9.84. The lowest BCUT2D eigenvalue weighted by Gasteiger charge is -2.08. The average molecular weight is 235 g/mol. The molecule has 13 heavy (non-hydrogen) atoms. The second-order valence-corrected chi connectivity index (χ2v) is 7.23. The molecule has 1 rings (SSSR count). The Morgan fingerprint density at radius 3 is 2.69 bits per heavy atom. The van der Waals surface area contributed by atoms with Crippen molar-refractivity contribution in [1.29, 1.82) is 0 Å². The van der Waals surface area contributed by atoms with Gasteiger partial charge >= 0.3 is 0 Å². The van der Waals surface area contributed by atoms with Crippen LogP contribution in [0.4, 0.5) is 0 Å². The van der Waals surface area contributed by atoms with Gasteiger partial charge in [-0.25, -0.2) is 0 Å².